The van der Waals surface area contributed by atoms with Crippen LogP contribution in [0.5, 0.6) is 0 Å². The maximum absolute atomic E-state index is 12.9. The van der Waals surface area contributed by atoms with E-state index in [0.29, 0.717) is 5.39 Å². The van der Waals surface area contributed by atoms with E-state index in [1.54, 1.807) is 12.4 Å². The van der Waals surface area contributed by atoms with E-state index < -0.39 is 0 Å². The third-order valence-corrected chi connectivity index (χ3v) is 4.68. The van der Waals surface area contributed by atoms with Crippen LogP contribution in [0.1, 0.15) is 0 Å². The molecule has 1 fully saturated rings. The summed E-state index contributed by atoms with van der Waals surface area (Å²) in [4.78, 5) is 21.8. The van der Waals surface area contributed by atoms with Gasteiger partial charge in [-0.1, -0.05) is 24.3 Å². The van der Waals surface area contributed by atoms with Crippen molar-refractivity contribution in [1.29, 1.82) is 0 Å². The van der Waals surface area contributed by atoms with Crippen LogP contribution < -0.4 is 10.3 Å². The molecule has 4 heteroatoms. The first-order chi connectivity index (χ1) is 11.2. The van der Waals surface area contributed by atoms with Crippen LogP contribution in [0.25, 0.3) is 21.5 Å². The van der Waals surface area contributed by atoms with Crippen LogP contribution in [0.4, 0.5) is 5.69 Å². The Kier molecular flexibility index (Phi) is 3.46. The molecule has 4 nitrogen and oxygen atoms in total. The summed E-state index contributed by atoms with van der Waals surface area (Å²) in [6.07, 6.45) is 3.47. The fraction of sp³-hybridized carbons (Fsp3) is 0.263. The zero-order valence-corrected chi connectivity index (χ0v) is 13.2. The van der Waals surface area contributed by atoms with Gasteiger partial charge in [0, 0.05) is 55.0 Å². The molecule has 1 saturated heterocycles. The number of anilines is 1. The van der Waals surface area contributed by atoms with Crippen molar-refractivity contribution < 1.29 is 0 Å². The number of rotatable bonds is 1. The minimum atomic E-state index is 0.0593. The second kappa shape index (κ2) is 5.63. The summed E-state index contributed by atoms with van der Waals surface area (Å²) >= 11 is 0. The first-order valence-corrected chi connectivity index (χ1v) is 7.97. The van der Waals surface area contributed by atoms with Crippen LogP contribution >= 0.6 is 0 Å². The molecule has 3 aromatic rings. The number of pyridine rings is 1. The summed E-state index contributed by atoms with van der Waals surface area (Å²) in [5.74, 6) is 0. The van der Waals surface area contributed by atoms with Crippen molar-refractivity contribution >= 4 is 27.2 Å². The highest BCUT2D eigenvalue weighted by Gasteiger charge is 2.17. The van der Waals surface area contributed by atoms with E-state index in [-0.39, 0.29) is 5.43 Å². The van der Waals surface area contributed by atoms with Crippen molar-refractivity contribution in [2.24, 2.45) is 0 Å². The maximum Gasteiger partial charge on any atom is 0.195 e. The number of piperazine rings is 1. The van der Waals surface area contributed by atoms with Gasteiger partial charge >= 0.3 is 0 Å². The molecule has 0 spiro atoms. The number of hydrogen-bond donors (Lipinski definition) is 0. The largest absolute Gasteiger partial charge is 0.368 e. The van der Waals surface area contributed by atoms with Gasteiger partial charge in [-0.25, -0.2) is 0 Å². The molecule has 0 bridgehead atoms. The van der Waals surface area contributed by atoms with Crippen molar-refractivity contribution in [3.63, 3.8) is 0 Å². The van der Waals surface area contributed by atoms with Gasteiger partial charge in [0.25, 0.3) is 0 Å². The van der Waals surface area contributed by atoms with Crippen LogP contribution in [-0.2, 0) is 0 Å². The van der Waals surface area contributed by atoms with Crippen molar-refractivity contribution in [2.75, 3.05) is 38.1 Å². The second-order valence-corrected chi connectivity index (χ2v) is 6.16. The zero-order valence-electron chi connectivity index (χ0n) is 13.2. The highest BCUT2D eigenvalue weighted by atomic mass is 16.1. The Balaban J connectivity index is 2.05. The van der Waals surface area contributed by atoms with Gasteiger partial charge in [0.15, 0.2) is 5.43 Å². The topological polar surface area (TPSA) is 36.4 Å². The molecule has 116 valence electrons. The Hall–Kier alpha value is -2.46. The molecule has 0 amide bonds. The lowest BCUT2D eigenvalue weighted by Crippen LogP contribution is -2.44. The Morgan fingerprint density at radius 3 is 2.57 bits per heavy atom. The fourth-order valence-corrected chi connectivity index (χ4v) is 3.31. The molecule has 0 N–H and O–H groups in total. The lowest BCUT2D eigenvalue weighted by Gasteiger charge is -2.34. The standard InChI is InChI=1S/C19H19N3O/c1-21-8-10-22(11-9-21)18-12-14-4-2-3-5-15(14)19(23)17-13-20-7-6-16(17)18/h2-7,12-13H,8-11H2,1H3. The molecule has 0 aliphatic carbocycles. The first kappa shape index (κ1) is 14.2. The molecule has 1 aliphatic heterocycles. The highest BCUT2D eigenvalue weighted by molar-refractivity contribution is 6.00. The van der Waals surface area contributed by atoms with Gasteiger partial charge in [-0.3, -0.25) is 9.78 Å². The minimum absolute atomic E-state index is 0.0593. The first-order valence-electron chi connectivity index (χ1n) is 7.97. The monoisotopic (exact) mass is 305 g/mol. The summed E-state index contributed by atoms with van der Waals surface area (Å²) in [6, 6.07) is 11.9. The van der Waals surface area contributed by atoms with Gasteiger partial charge in [-0.05, 0) is 24.6 Å². The van der Waals surface area contributed by atoms with Crippen molar-refractivity contribution in [3.05, 3.63) is 59.0 Å². The number of benzene rings is 1. The maximum atomic E-state index is 12.9. The molecule has 1 aromatic heterocycles. The molecule has 2 aromatic carbocycles. The average molecular weight is 305 g/mol. The van der Waals surface area contributed by atoms with E-state index in [1.165, 1.54) is 0 Å². The Labute approximate surface area is 135 Å². The van der Waals surface area contributed by atoms with E-state index >= 15 is 0 Å². The van der Waals surface area contributed by atoms with Gasteiger partial charge in [-0.15, -0.1) is 0 Å². The third kappa shape index (κ3) is 2.45. The van der Waals surface area contributed by atoms with Crippen molar-refractivity contribution in [1.82, 2.24) is 9.88 Å². The number of aromatic nitrogens is 1. The summed E-state index contributed by atoms with van der Waals surface area (Å²) in [6.45, 7) is 4.02. The van der Waals surface area contributed by atoms with Crippen LogP contribution in [-0.4, -0.2) is 43.1 Å². The zero-order chi connectivity index (χ0) is 15.8. The second-order valence-electron chi connectivity index (χ2n) is 6.16. The summed E-state index contributed by atoms with van der Waals surface area (Å²) < 4.78 is 0. The molecular weight excluding hydrogens is 286 g/mol. The third-order valence-electron chi connectivity index (χ3n) is 4.68. The number of nitrogens with zero attached hydrogens (tertiary/aromatic N) is 3. The van der Waals surface area contributed by atoms with Crippen LogP contribution in [0.2, 0.25) is 0 Å². The Bertz CT molecular complexity index is 930. The quantitative estimate of drug-likeness (QED) is 0.692. The van der Waals surface area contributed by atoms with E-state index in [9.17, 15) is 4.79 Å². The molecule has 23 heavy (non-hydrogen) atoms. The number of fused-ring (bicyclic) bond motifs is 2. The van der Waals surface area contributed by atoms with E-state index in [2.05, 4.69) is 27.9 Å². The van der Waals surface area contributed by atoms with E-state index in [0.717, 1.165) is 48.0 Å². The molecule has 4 rings (SSSR count). The molecule has 0 atom stereocenters. The minimum Gasteiger partial charge on any atom is -0.368 e. The molecule has 0 unspecified atom stereocenters. The molecule has 2 heterocycles. The molecule has 1 aliphatic rings. The molecule has 0 radical (unpaired) electrons. The predicted molar refractivity (Wildman–Crippen MR) is 95.2 cm³/mol. The average Bonchev–Trinajstić information content (AvgIpc) is 2.72. The van der Waals surface area contributed by atoms with Crippen molar-refractivity contribution in [3.8, 4) is 0 Å². The van der Waals surface area contributed by atoms with Crippen molar-refractivity contribution in [2.45, 2.75) is 0 Å². The highest BCUT2D eigenvalue weighted by Crippen LogP contribution is 2.27. The van der Waals surface area contributed by atoms with Gasteiger partial charge in [0.1, 0.15) is 0 Å². The van der Waals surface area contributed by atoms with Crippen LogP contribution in [0.3, 0.4) is 0 Å². The van der Waals surface area contributed by atoms with E-state index in [1.807, 2.05) is 30.3 Å². The lowest BCUT2D eigenvalue weighted by atomic mass is 10.1. The number of likely N-dealkylation sites (N-methyl/N-ethyl adjacent to an activating group) is 1. The van der Waals surface area contributed by atoms with Gasteiger partial charge in [0.2, 0.25) is 0 Å². The van der Waals surface area contributed by atoms with Gasteiger partial charge < -0.3 is 9.80 Å². The lowest BCUT2D eigenvalue weighted by molar-refractivity contribution is 0.313. The smallest absolute Gasteiger partial charge is 0.195 e. The van der Waals surface area contributed by atoms with Crippen LogP contribution in [0.15, 0.2) is 53.6 Å². The number of hydrogen-bond acceptors (Lipinski definition) is 4. The molecule has 0 saturated carbocycles. The normalized spacial score (nSPS) is 16.1. The Morgan fingerprint density at radius 2 is 1.74 bits per heavy atom. The van der Waals surface area contributed by atoms with Crippen LogP contribution in [0, 0.1) is 0 Å². The SMILES string of the molecule is CN1CCN(c2cc3ccccc3c(=O)c3cnccc23)CC1. The van der Waals surface area contributed by atoms with Gasteiger partial charge in [-0.2, -0.15) is 0 Å². The fourth-order valence-electron chi connectivity index (χ4n) is 3.31. The van der Waals surface area contributed by atoms with Gasteiger partial charge in [0.05, 0.1) is 5.39 Å². The summed E-state index contributed by atoms with van der Waals surface area (Å²) in [5.41, 5.74) is 1.19. The summed E-state index contributed by atoms with van der Waals surface area (Å²) in [5, 5.41) is 3.43. The predicted octanol–water partition coefficient (Wildman–Crippen LogP) is 2.50. The summed E-state index contributed by atoms with van der Waals surface area (Å²) in [7, 11) is 2.15. The van der Waals surface area contributed by atoms with E-state index in [4.69, 9.17) is 0 Å². The molecular formula is C19H19N3O. The Morgan fingerprint density at radius 1 is 0.957 bits per heavy atom.